The standard InChI is InChI=1S/C14H30N2O4/c1-6-7-15-14(3,13(17)18)11-16(8-9-19-4)12(2)10-20-5/h12,15H,6-11H2,1-5H3,(H,17,18). The molecule has 120 valence electrons. The summed E-state index contributed by atoms with van der Waals surface area (Å²) in [6.07, 6.45) is 0.897. The molecule has 0 spiro atoms. The van der Waals surface area contributed by atoms with Gasteiger partial charge in [-0.2, -0.15) is 0 Å². The molecule has 20 heavy (non-hydrogen) atoms. The van der Waals surface area contributed by atoms with E-state index in [0.717, 1.165) is 6.42 Å². The first-order valence-electron chi connectivity index (χ1n) is 7.11. The van der Waals surface area contributed by atoms with E-state index in [4.69, 9.17) is 9.47 Å². The third-order valence-corrected chi connectivity index (χ3v) is 3.37. The summed E-state index contributed by atoms with van der Waals surface area (Å²) >= 11 is 0. The molecular weight excluding hydrogens is 260 g/mol. The molecule has 2 N–H and O–H groups in total. The number of methoxy groups -OCH3 is 2. The van der Waals surface area contributed by atoms with Gasteiger partial charge in [0.05, 0.1) is 13.2 Å². The van der Waals surface area contributed by atoms with E-state index < -0.39 is 11.5 Å². The molecule has 6 heteroatoms. The Morgan fingerprint density at radius 2 is 2.05 bits per heavy atom. The Balaban J connectivity index is 4.81. The molecule has 0 saturated heterocycles. The normalized spacial score (nSPS) is 16.1. The van der Waals surface area contributed by atoms with Crippen molar-refractivity contribution in [1.29, 1.82) is 0 Å². The second kappa shape index (κ2) is 10.1. The van der Waals surface area contributed by atoms with Crippen molar-refractivity contribution < 1.29 is 19.4 Å². The van der Waals surface area contributed by atoms with Gasteiger partial charge < -0.3 is 19.9 Å². The monoisotopic (exact) mass is 290 g/mol. The smallest absolute Gasteiger partial charge is 0.324 e. The van der Waals surface area contributed by atoms with E-state index in [9.17, 15) is 9.90 Å². The molecule has 2 atom stereocenters. The van der Waals surface area contributed by atoms with E-state index in [1.165, 1.54) is 0 Å². The fraction of sp³-hybridized carbons (Fsp3) is 0.929. The Bertz CT molecular complexity index is 276. The van der Waals surface area contributed by atoms with Gasteiger partial charge in [-0.1, -0.05) is 6.92 Å². The molecular formula is C14H30N2O4. The quantitative estimate of drug-likeness (QED) is 0.554. The van der Waals surface area contributed by atoms with Crippen molar-refractivity contribution in [3.8, 4) is 0 Å². The minimum Gasteiger partial charge on any atom is -0.480 e. The summed E-state index contributed by atoms with van der Waals surface area (Å²) in [6, 6.07) is 0.136. The van der Waals surface area contributed by atoms with Crippen LogP contribution in [0.4, 0.5) is 0 Å². The predicted octanol–water partition coefficient (Wildman–Crippen LogP) is 0.813. The van der Waals surface area contributed by atoms with Gasteiger partial charge in [-0.05, 0) is 26.8 Å². The second-order valence-corrected chi connectivity index (χ2v) is 5.33. The molecule has 0 aromatic heterocycles. The molecule has 0 rings (SSSR count). The highest BCUT2D eigenvalue weighted by atomic mass is 16.5. The van der Waals surface area contributed by atoms with Crippen LogP contribution in [0.25, 0.3) is 0 Å². The zero-order valence-corrected chi connectivity index (χ0v) is 13.4. The highest BCUT2D eigenvalue weighted by Crippen LogP contribution is 2.11. The summed E-state index contributed by atoms with van der Waals surface area (Å²) in [7, 11) is 3.29. The Hall–Kier alpha value is -0.690. The number of hydrogen-bond donors (Lipinski definition) is 2. The van der Waals surface area contributed by atoms with E-state index >= 15 is 0 Å². The number of carboxylic acid groups (broad SMARTS) is 1. The average Bonchev–Trinajstić information content (AvgIpc) is 2.41. The molecule has 0 heterocycles. The summed E-state index contributed by atoms with van der Waals surface area (Å²) < 4.78 is 10.3. The van der Waals surface area contributed by atoms with E-state index in [2.05, 4.69) is 10.2 Å². The van der Waals surface area contributed by atoms with E-state index in [1.807, 2.05) is 13.8 Å². The van der Waals surface area contributed by atoms with Gasteiger partial charge in [0.1, 0.15) is 5.54 Å². The van der Waals surface area contributed by atoms with Crippen LogP contribution >= 0.6 is 0 Å². The second-order valence-electron chi connectivity index (χ2n) is 5.33. The number of carboxylic acids is 1. The lowest BCUT2D eigenvalue weighted by atomic mass is 10.0. The minimum absolute atomic E-state index is 0.136. The van der Waals surface area contributed by atoms with E-state index in [-0.39, 0.29) is 6.04 Å². The largest absolute Gasteiger partial charge is 0.480 e. The molecule has 6 nitrogen and oxygen atoms in total. The van der Waals surface area contributed by atoms with Crippen LogP contribution in [0.1, 0.15) is 27.2 Å². The van der Waals surface area contributed by atoms with Gasteiger partial charge in [-0.3, -0.25) is 9.69 Å². The maximum Gasteiger partial charge on any atom is 0.324 e. The van der Waals surface area contributed by atoms with Crippen LogP contribution < -0.4 is 5.32 Å². The molecule has 0 aromatic rings. The minimum atomic E-state index is -0.967. The number of hydrogen-bond acceptors (Lipinski definition) is 5. The summed E-state index contributed by atoms with van der Waals surface area (Å²) in [4.78, 5) is 13.7. The van der Waals surface area contributed by atoms with Crippen molar-refractivity contribution in [3.05, 3.63) is 0 Å². The van der Waals surface area contributed by atoms with Crippen molar-refractivity contribution in [2.24, 2.45) is 0 Å². The molecule has 2 unspecified atom stereocenters. The fourth-order valence-electron chi connectivity index (χ4n) is 2.02. The van der Waals surface area contributed by atoms with Gasteiger partial charge in [0.2, 0.25) is 0 Å². The number of carbonyl (C=O) groups is 1. The maximum atomic E-state index is 11.6. The summed E-state index contributed by atoms with van der Waals surface area (Å²) in [5.41, 5.74) is -0.967. The molecule has 0 aromatic carbocycles. The first-order chi connectivity index (χ1) is 9.41. The molecule has 0 aliphatic rings. The average molecular weight is 290 g/mol. The molecule has 0 amide bonds. The lowest BCUT2D eigenvalue weighted by Gasteiger charge is -2.36. The Morgan fingerprint density at radius 1 is 1.40 bits per heavy atom. The van der Waals surface area contributed by atoms with Crippen LogP contribution in [-0.2, 0) is 14.3 Å². The maximum absolute atomic E-state index is 11.6. The molecule has 0 aliphatic carbocycles. The Kier molecular flexibility index (Phi) is 9.75. The van der Waals surface area contributed by atoms with Crippen molar-refractivity contribution in [2.75, 3.05) is 47.1 Å². The number of nitrogens with zero attached hydrogens (tertiary/aromatic N) is 1. The van der Waals surface area contributed by atoms with Crippen LogP contribution in [0.5, 0.6) is 0 Å². The molecule has 0 aliphatic heterocycles. The fourth-order valence-corrected chi connectivity index (χ4v) is 2.02. The summed E-state index contributed by atoms with van der Waals surface area (Å²) in [5.74, 6) is -0.835. The zero-order valence-electron chi connectivity index (χ0n) is 13.4. The van der Waals surface area contributed by atoms with Crippen molar-refractivity contribution in [1.82, 2.24) is 10.2 Å². The van der Waals surface area contributed by atoms with Gasteiger partial charge in [0.25, 0.3) is 0 Å². The highest BCUT2D eigenvalue weighted by molar-refractivity contribution is 5.78. The predicted molar refractivity (Wildman–Crippen MR) is 79.1 cm³/mol. The van der Waals surface area contributed by atoms with Gasteiger partial charge in [-0.25, -0.2) is 0 Å². The van der Waals surface area contributed by atoms with Gasteiger partial charge in [0.15, 0.2) is 0 Å². The van der Waals surface area contributed by atoms with Crippen LogP contribution in [0, 0.1) is 0 Å². The van der Waals surface area contributed by atoms with Gasteiger partial charge >= 0.3 is 5.97 Å². The lowest BCUT2D eigenvalue weighted by molar-refractivity contribution is -0.145. The third kappa shape index (κ3) is 6.65. The van der Waals surface area contributed by atoms with Crippen LogP contribution in [0.15, 0.2) is 0 Å². The van der Waals surface area contributed by atoms with E-state index in [1.54, 1.807) is 21.1 Å². The Labute approximate surface area is 122 Å². The van der Waals surface area contributed by atoms with Crippen molar-refractivity contribution in [2.45, 2.75) is 38.8 Å². The van der Waals surface area contributed by atoms with Crippen molar-refractivity contribution >= 4 is 5.97 Å². The first-order valence-corrected chi connectivity index (χ1v) is 7.11. The summed E-state index contributed by atoms with van der Waals surface area (Å²) in [6.45, 7) is 8.68. The number of ether oxygens (including phenoxy) is 2. The van der Waals surface area contributed by atoms with Crippen LogP contribution in [-0.4, -0.2) is 74.6 Å². The van der Waals surface area contributed by atoms with Gasteiger partial charge in [0, 0.05) is 33.4 Å². The Morgan fingerprint density at radius 3 is 2.50 bits per heavy atom. The number of aliphatic carboxylic acids is 1. The number of nitrogens with one attached hydrogen (secondary N) is 1. The lowest BCUT2D eigenvalue weighted by Crippen LogP contribution is -2.59. The molecule has 0 bridgehead atoms. The molecule has 0 radical (unpaired) electrons. The van der Waals surface area contributed by atoms with Crippen LogP contribution in [0.2, 0.25) is 0 Å². The summed E-state index contributed by atoms with van der Waals surface area (Å²) in [5, 5.41) is 12.6. The molecule has 0 saturated carbocycles. The zero-order chi connectivity index (χ0) is 15.6. The highest BCUT2D eigenvalue weighted by Gasteiger charge is 2.35. The first kappa shape index (κ1) is 19.3. The SMILES string of the molecule is CCCNC(C)(CN(CCOC)C(C)COC)C(=O)O. The van der Waals surface area contributed by atoms with Crippen LogP contribution in [0.3, 0.4) is 0 Å². The topological polar surface area (TPSA) is 71.0 Å². The molecule has 0 fully saturated rings. The van der Waals surface area contributed by atoms with E-state index in [0.29, 0.717) is 32.8 Å². The third-order valence-electron chi connectivity index (χ3n) is 3.37. The van der Waals surface area contributed by atoms with Crippen molar-refractivity contribution in [3.63, 3.8) is 0 Å². The number of rotatable bonds is 12. The van der Waals surface area contributed by atoms with Gasteiger partial charge in [-0.15, -0.1) is 0 Å².